The number of hydrogen-bond acceptors (Lipinski definition) is 6. The van der Waals surface area contributed by atoms with Crippen molar-refractivity contribution < 1.29 is 13.9 Å². The quantitative estimate of drug-likeness (QED) is 0.253. The summed E-state index contributed by atoms with van der Waals surface area (Å²) in [4.78, 5) is 31.2. The van der Waals surface area contributed by atoms with Crippen LogP contribution in [0.3, 0.4) is 0 Å². The zero-order valence-electron chi connectivity index (χ0n) is 19.5. The smallest absolute Gasteiger partial charge is 0.302 e. The van der Waals surface area contributed by atoms with Crippen LogP contribution in [-0.4, -0.2) is 28.3 Å². The molecule has 8 heteroatoms. The van der Waals surface area contributed by atoms with E-state index in [0.29, 0.717) is 33.4 Å². The average Bonchev–Trinajstić information content (AvgIpc) is 3.24. The van der Waals surface area contributed by atoms with Gasteiger partial charge in [-0.2, -0.15) is 0 Å². The Bertz CT molecular complexity index is 1640. The van der Waals surface area contributed by atoms with Gasteiger partial charge in [0.1, 0.15) is 16.8 Å². The van der Waals surface area contributed by atoms with Crippen LogP contribution in [0.1, 0.15) is 11.1 Å². The van der Waals surface area contributed by atoms with Crippen molar-refractivity contribution in [1.29, 1.82) is 0 Å². The fourth-order valence-corrected chi connectivity index (χ4v) is 4.64. The number of carbonyl (C=O) groups is 1. The summed E-state index contributed by atoms with van der Waals surface area (Å²) in [6, 6.07) is 20.3. The number of nitrogens with one attached hydrogen (secondary N) is 1. The van der Waals surface area contributed by atoms with E-state index in [1.54, 1.807) is 31.4 Å². The normalized spacial score (nSPS) is 11.2. The highest BCUT2D eigenvalue weighted by Gasteiger charge is 2.20. The molecule has 176 valence electrons. The number of ether oxygens (including phenoxy) is 1. The Balaban J connectivity index is 1.55. The lowest BCUT2D eigenvalue weighted by Gasteiger charge is -2.13. The molecule has 0 radical (unpaired) electrons. The molecule has 5 aromatic rings. The van der Waals surface area contributed by atoms with E-state index < -0.39 is 0 Å². The molecule has 1 amide bonds. The molecular weight excluding hydrogens is 462 g/mol. The first kappa shape index (κ1) is 22.7. The lowest BCUT2D eigenvalue weighted by atomic mass is 10.1. The summed E-state index contributed by atoms with van der Waals surface area (Å²) in [7, 11) is 1.57. The molecule has 1 N–H and O–H groups in total. The van der Waals surface area contributed by atoms with Gasteiger partial charge in [-0.3, -0.25) is 14.2 Å². The molecule has 0 aliphatic rings. The Morgan fingerprint density at radius 2 is 1.89 bits per heavy atom. The standard InChI is InChI=1S/C27H23N3O4S/c1-16-11-12-19(13-17(16)2)30-26(32)25-24(21-9-4-5-10-22(21)34-25)29-27(30)35-15-23(31)28-18-7-6-8-20(14-18)33-3/h4-14H,15H2,1-3H3,(H,28,31). The van der Waals surface area contributed by atoms with Crippen LogP contribution in [0.25, 0.3) is 27.8 Å². The van der Waals surface area contributed by atoms with Crippen LogP contribution in [0.5, 0.6) is 5.75 Å². The minimum absolute atomic E-state index is 0.0653. The molecule has 0 atom stereocenters. The van der Waals surface area contributed by atoms with Crippen LogP contribution in [0, 0.1) is 13.8 Å². The van der Waals surface area contributed by atoms with E-state index in [9.17, 15) is 9.59 Å². The second-order valence-electron chi connectivity index (χ2n) is 8.15. The third kappa shape index (κ3) is 4.40. The van der Waals surface area contributed by atoms with Gasteiger partial charge < -0.3 is 14.5 Å². The summed E-state index contributed by atoms with van der Waals surface area (Å²) in [5.41, 5.74) is 4.42. The number of aryl methyl sites for hydroxylation is 2. The first-order valence-corrected chi connectivity index (χ1v) is 12.0. The highest BCUT2D eigenvalue weighted by atomic mass is 32.2. The van der Waals surface area contributed by atoms with Crippen molar-refractivity contribution in [1.82, 2.24) is 9.55 Å². The maximum atomic E-state index is 13.6. The van der Waals surface area contributed by atoms with Crippen LogP contribution in [-0.2, 0) is 4.79 Å². The van der Waals surface area contributed by atoms with E-state index in [1.165, 1.54) is 16.3 Å². The van der Waals surface area contributed by atoms with Crippen LogP contribution in [0.4, 0.5) is 5.69 Å². The van der Waals surface area contributed by atoms with Crippen molar-refractivity contribution in [3.05, 3.63) is 88.2 Å². The topological polar surface area (TPSA) is 86.4 Å². The van der Waals surface area contributed by atoms with Crippen LogP contribution in [0.15, 0.2) is 81.1 Å². The van der Waals surface area contributed by atoms with Gasteiger partial charge in [0.2, 0.25) is 11.5 Å². The highest BCUT2D eigenvalue weighted by molar-refractivity contribution is 7.99. The molecule has 0 aliphatic carbocycles. The predicted octanol–water partition coefficient (Wildman–Crippen LogP) is 5.49. The number of fused-ring (bicyclic) bond motifs is 3. The van der Waals surface area contributed by atoms with E-state index in [0.717, 1.165) is 16.5 Å². The van der Waals surface area contributed by atoms with Crippen molar-refractivity contribution in [2.24, 2.45) is 0 Å². The molecule has 35 heavy (non-hydrogen) atoms. The molecule has 0 unspecified atom stereocenters. The van der Waals surface area contributed by atoms with Crippen molar-refractivity contribution in [3.63, 3.8) is 0 Å². The number of para-hydroxylation sites is 1. The largest absolute Gasteiger partial charge is 0.497 e. The number of anilines is 1. The van der Waals surface area contributed by atoms with Gasteiger partial charge in [0, 0.05) is 17.1 Å². The van der Waals surface area contributed by atoms with Crippen LogP contribution in [0.2, 0.25) is 0 Å². The van der Waals surface area contributed by atoms with Gasteiger partial charge in [0.15, 0.2) is 5.16 Å². The molecule has 0 saturated carbocycles. The SMILES string of the molecule is COc1cccc(NC(=O)CSc2nc3c(oc4ccccc43)c(=O)n2-c2ccc(C)c(C)c2)c1. The lowest BCUT2D eigenvalue weighted by Crippen LogP contribution is -2.22. The Hall–Kier alpha value is -4.04. The van der Waals surface area contributed by atoms with Gasteiger partial charge in [-0.05, 0) is 61.4 Å². The molecule has 0 fully saturated rings. The summed E-state index contributed by atoms with van der Waals surface area (Å²) in [5, 5.41) is 4.04. The summed E-state index contributed by atoms with van der Waals surface area (Å²) < 4.78 is 12.6. The average molecular weight is 486 g/mol. The zero-order valence-corrected chi connectivity index (χ0v) is 20.3. The Labute approximate surface area is 205 Å². The van der Waals surface area contributed by atoms with Gasteiger partial charge in [-0.1, -0.05) is 36.0 Å². The molecule has 3 aromatic carbocycles. The van der Waals surface area contributed by atoms with Crippen molar-refractivity contribution in [2.45, 2.75) is 19.0 Å². The van der Waals surface area contributed by atoms with Crippen molar-refractivity contribution in [2.75, 3.05) is 18.2 Å². The number of rotatable bonds is 6. The van der Waals surface area contributed by atoms with Gasteiger partial charge in [-0.25, -0.2) is 4.98 Å². The van der Waals surface area contributed by atoms with Crippen molar-refractivity contribution in [3.8, 4) is 11.4 Å². The number of methoxy groups -OCH3 is 1. The van der Waals surface area contributed by atoms with E-state index in [1.807, 2.05) is 56.3 Å². The third-order valence-corrected chi connectivity index (χ3v) is 6.74. The van der Waals surface area contributed by atoms with Gasteiger partial charge >= 0.3 is 5.56 Å². The fourth-order valence-electron chi connectivity index (χ4n) is 3.84. The van der Waals surface area contributed by atoms with Crippen LogP contribution >= 0.6 is 11.8 Å². The van der Waals surface area contributed by atoms with E-state index in [-0.39, 0.29) is 22.8 Å². The monoisotopic (exact) mass is 485 g/mol. The molecule has 0 saturated heterocycles. The highest BCUT2D eigenvalue weighted by Crippen LogP contribution is 2.29. The van der Waals surface area contributed by atoms with E-state index in [4.69, 9.17) is 14.1 Å². The molecule has 2 heterocycles. The Morgan fingerprint density at radius 3 is 2.69 bits per heavy atom. The number of nitrogens with zero attached hydrogens (tertiary/aromatic N) is 2. The molecule has 0 spiro atoms. The number of amides is 1. The van der Waals surface area contributed by atoms with E-state index in [2.05, 4.69) is 5.32 Å². The molecule has 2 aromatic heterocycles. The number of hydrogen-bond donors (Lipinski definition) is 1. The summed E-state index contributed by atoms with van der Waals surface area (Å²) >= 11 is 1.20. The van der Waals surface area contributed by atoms with Gasteiger partial charge in [0.25, 0.3) is 0 Å². The zero-order chi connectivity index (χ0) is 24.5. The second kappa shape index (κ2) is 9.31. The lowest BCUT2D eigenvalue weighted by molar-refractivity contribution is -0.113. The van der Waals surface area contributed by atoms with Crippen LogP contribution < -0.4 is 15.6 Å². The minimum atomic E-state index is -0.315. The first-order chi connectivity index (χ1) is 16.9. The first-order valence-electron chi connectivity index (χ1n) is 11.0. The van der Waals surface area contributed by atoms with Gasteiger partial charge in [-0.15, -0.1) is 0 Å². The second-order valence-corrected chi connectivity index (χ2v) is 9.09. The number of furan rings is 1. The summed E-state index contributed by atoms with van der Waals surface area (Å²) in [5.74, 6) is 0.495. The number of benzene rings is 3. The Morgan fingerprint density at radius 1 is 1.06 bits per heavy atom. The third-order valence-electron chi connectivity index (χ3n) is 5.80. The fraction of sp³-hybridized carbons (Fsp3) is 0.148. The molecular formula is C27H23N3O4S. The summed E-state index contributed by atoms with van der Waals surface area (Å²) in [6.07, 6.45) is 0. The number of carbonyl (C=O) groups excluding carboxylic acids is 1. The molecule has 5 rings (SSSR count). The van der Waals surface area contributed by atoms with Crippen molar-refractivity contribution >= 4 is 45.4 Å². The molecule has 0 aliphatic heterocycles. The molecule has 0 bridgehead atoms. The maximum Gasteiger partial charge on any atom is 0.302 e. The Kier molecular flexibility index (Phi) is 6.05. The minimum Gasteiger partial charge on any atom is -0.497 e. The predicted molar refractivity (Wildman–Crippen MR) is 139 cm³/mol. The maximum absolute atomic E-state index is 13.6. The number of aromatic nitrogens is 2. The van der Waals surface area contributed by atoms with Gasteiger partial charge in [0.05, 0.1) is 18.6 Å². The van der Waals surface area contributed by atoms with E-state index >= 15 is 0 Å². The number of thioether (sulfide) groups is 1. The molecule has 7 nitrogen and oxygen atoms in total. The summed E-state index contributed by atoms with van der Waals surface area (Å²) in [6.45, 7) is 4.01.